The van der Waals surface area contributed by atoms with E-state index in [1.54, 1.807) is 17.0 Å². The molecule has 2 saturated heterocycles. The first-order valence-electron chi connectivity index (χ1n) is 12.1. The largest absolute Gasteiger partial charge is 0.372 e. The van der Waals surface area contributed by atoms with Crippen LogP contribution in [0.25, 0.3) is 0 Å². The van der Waals surface area contributed by atoms with Gasteiger partial charge in [0.1, 0.15) is 0 Å². The molecule has 186 valence electrons. The van der Waals surface area contributed by atoms with Gasteiger partial charge in [-0.25, -0.2) is 13.6 Å². The summed E-state index contributed by atoms with van der Waals surface area (Å²) < 4.78 is 23.3. The summed E-state index contributed by atoms with van der Waals surface area (Å²) in [6.07, 6.45) is 2.41. The third-order valence-corrected chi connectivity index (χ3v) is 8.62. The van der Waals surface area contributed by atoms with Gasteiger partial charge in [0.05, 0.1) is 17.1 Å². The van der Waals surface area contributed by atoms with Crippen LogP contribution in [0.1, 0.15) is 29.5 Å². The van der Waals surface area contributed by atoms with E-state index in [1.807, 2.05) is 24.3 Å². The fraction of sp³-hybridized carbons (Fsp3) is 0.296. The molecule has 0 radical (unpaired) electrons. The van der Waals surface area contributed by atoms with Crippen molar-refractivity contribution in [3.05, 3.63) is 89.5 Å². The van der Waals surface area contributed by atoms with E-state index in [0.29, 0.717) is 35.4 Å². The fourth-order valence-electron chi connectivity index (χ4n) is 5.91. The number of anilines is 2. The number of hydrogen-bond acceptors (Lipinski definition) is 6. The molecule has 3 aliphatic rings. The Morgan fingerprint density at radius 2 is 1.58 bits per heavy atom. The smallest absolute Gasteiger partial charge is 0.268 e. The van der Waals surface area contributed by atoms with E-state index in [9.17, 15) is 18.3 Å². The molecule has 8 nitrogen and oxygen atoms in total. The summed E-state index contributed by atoms with van der Waals surface area (Å²) in [6, 6.07) is 22.0. The van der Waals surface area contributed by atoms with Crippen LogP contribution in [-0.4, -0.2) is 44.6 Å². The summed E-state index contributed by atoms with van der Waals surface area (Å²) in [5, 5.41) is 20.4. The van der Waals surface area contributed by atoms with Crippen molar-refractivity contribution in [2.45, 2.75) is 42.0 Å². The molecule has 2 fully saturated rings. The number of amides is 1. The van der Waals surface area contributed by atoms with Gasteiger partial charge in [0.15, 0.2) is 5.60 Å². The number of rotatable bonds is 5. The second kappa shape index (κ2) is 8.41. The summed E-state index contributed by atoms with van der Waals surface area (Å²) in [6.45, 7) is 2.32. The number of hydrogen-bond donors (Lipinski definition) is 3. The summed E-state index contributed by atoms with van der Waals surface area (Å²) >= 11 is 0. The number of carbonyl (C=O) groups excluding carboxylic acids is 1. The molecular weight excluding hydrogens is 476 g/mol. The summed E-state index contributed by atoms with van der Waals surface area (Å²) in [4.78, 5) is 17.7. The number of para-hydroxylation sites is 1. The van der Waals surface area contributed by atoms with E-state index in [-0.39, 0.29) is 4.90 Å². The fourth-order valence-corrected chi connectivity index (χ4v) is 6.43. The number of primary sulfonamides is 1. The average molecular weight is 505 g/mol. The molecule has 0 saturated carbocycles. The van der Waals surface area contributed by atoms with Gasteiger partial charge >= 0.3 is 0 Å². The van der Waals surface area contributed by atoms with E-state index in [2.05, 4.69) is 22.3 Å². The highest BCUT2D eigenvalue weighted by molar-refractivity contribution is 7.89. The molecular formula is C27H28N4O4S. The number of nitrogens with one attached hydrogen (secondary N) is 1. The van der Waals surface area contributed by atoms with Crippen molar-refractivity contribution < 1.29 is 18.3 Å². The van der Waals surface area contributed by atoms with Gasteiger partial charge in [-0.15, -0.1) is 0 Å². The van der Waals surface area contributed by atoms with Crippen molar-refractivity contribution in [3.63, 3.8) is 0 Å². The van der Waals surface area contributed by atoms with E-state index in [0.717, 1.165) is 18.7 Å². The number of nitrogens with two attached hydrogens (primary N) is 1. The maximum Gasteiger partial charge on any atom is 0.268 e. The van der Waals surface area contributed by atoms with Gasteiger partial charge in [-0.05, 0) is 54.3 Å². The van der Waals surface area contributed by atoms with Crippen molar-refractivity contribution in [1.82, 2.24) is 5.32 Å². The minimum atomic E-state index is -3.89. The van der Waals surface area contributed by atoms with Crippen LogP contribution in [0.4, 0.5) is 11.4 Å². The van der Waals surface area contributed by atoms with Gasteiger partial charge in [-0.3, -0.25) is 4.79 Å². The third-order valence-electron chi connectivity index (χ3n) is 7.69. The quantitative estimate of drug-likeness (QED) is 0.490. The first kappa shape index (κ1) is 23.2. The molecule has 3 aromatic rings. The van der Waals surface area contributed by atoms with Crippen LogP contribution in [0.3, 0.4) is 0 Å². The Kier molecular flexibility index (Phi) is 5.42. The second-order valence-electron chi connectivity index (χ2n) is 9.81. The van der Waals surface area contributed by atoms with E-state index in [1.165, 1.54) is 42.8 Å². The van der Waals surface area contributed by atoms with Crippen molar-refractivity contribution in [2.24, 2.45) is 5.14 Å². The topological polar surface area (TPSA) is 116 Å². The lowest BCUT2D eigenvalue weighted by atomic mass is 9.87. The number of benzene rings is 3. The second-order valence-corrected chi connectivity index (χ2v) is 11.4. The van der Waals surface area contributed by atoms with Gasteiger partial charge in [-0.2, -0.15) is 0 Å². The number of piperazine rings is 1. The Balaban J connectivity index is 1.29. The lowest BCUT2D eigenvalue weighted by Crippen LogP contribution is -2.51. The molecule has 0 aliphatic carbocycles. The number of sulfonamides is 1. The van der Waals surface area contributed by atoms with Crippen LogP contribution >= 0.6 is 0 Å². The predicted molar refractivity (Wildman–Crippen MR) is 137 cm³/mol. The maximum absolute atomic E-state index is 13.7. The van der Waals surface area contributed by atoms with E-state index >= 15 is 0 Å². The number of nitrogens with zero attached hydrogens (tertiary/aromatic N) is 2. The molecule has 1 amide bonds. The SMILES string of the molecule is NS(=O)(=O)c1ccc(C2(O)C(=O)N(Cc3ccc(N4C5CCC4CNC5)cc3)c3ccccc32)cc1. The van der Waals surface area contributed by atoms with Crippen LogP contribution in [0, 0.1) is 0 Å². The third kappa shape index (κ3) is 3.62. The highest BCUT2D eigenvalue weighted by atomic mass is 32.2. The zero-order valence-corrected chi connectivity index (χ0v) is 20.5. The molecule has 0 spiro atoms. The van der Waals surface area contributed by atoms with Gasteiger partial charge < -0.3 is 20.2 Å². The highest BCUT2D eigenvalue weighted by Gasteiger charge is 2.51. The highest BCUT2D eigenvalue weighted by Crippen LogP contribution is 2.45. The van der Waals surface area contributed by atoms with Crippen molar-refractivity contribution >= 4 is 27.3 Å². The molecule has 3 unspecified atom stereocenters. The van der Waals surface area contributed by atoms with Gasteiger partial charge in [0, 0.05) is 36.4 Å². The van der Waals surface area contributed by atoms with Gasteiger partial charge in [-0.1, -0.05) is 42.5 Å². The lowest BCUT2D eigenvalue weighted by molar-refractivity contribution is -0.132. The molecule has 0 aromatic heterocycles. The first-order chi connectivity index (χ1) is 17.3. The van der Waals surface area contributed by atoms with Gasteiger partial charge in [0.25, 0.3) is 5.91 Å². The van der Waals surface area contributed by atoms with Crippen LogP contribution in [0.2, 0.25) is 0 Å². The molecule has 3 atom stereocenters. The predicted octanol–water partition coefficient (Wildman–Crippen LogP) is 2.06. The zero-order valence-electron chi connectivity index (χ0n) is 19.7. The number of fused-ring (bicyclic) bond motifs is 3. The van der Waals surface area contributed by atoms with Crippen LogP contribution in [0.5, 0.6) is 0 Å². The minimum absolute atomic E-state index is 0.0801. The van der Waals surface area contributed by atoms with Crippen molar-refractivity contribution in [1.29, 1.82) is 0 Å². The van der Waals surface area contributed by atoms with Crippen LogP contribution < -0.4 is 20.3 Å². The Morgan fingerprint density at radius 3 is 2.22 bits per heavy atom. The van der Waals surface area contributed by atoms with E-state index in [4.69, 9.17) is 5.14 Å². The van der Waals surface area contributed by atoms with E-state index < -0.39 is 21.5 Å². The van der Waals surface area contributed by atoms with Crippen molar-refractivity contribution in [3.8, 4) is 0 Å². The molecule has 36 heavy (non-hydrogen) atoms. The standard InChI is InChI=1S/C27H28N4O4S/c28-36(34,35)23-13-7-19(8-14-23)27(33)24-3-1-2-4-25(24)30(26(27)32)17-18-5-9-20(10-6-18)31-21-11-12-22(31)16-29-15-21/h1-10,13-14,21-22,29,33H,11-12,15-17H2,(H2,28,34,35). The molecule has 4 N–H and O–H groups in total. The molecule has 3 aromatic carbocycles. The molecule has 6 rings (SSSR count). The zero-order chi connectivity index (χ0) is 25.1. The Bertz CT molecular complexity index is 1410. The molecule has 3 heterocycles. The summed E-state index contributed by atoms with van der Waals surface area (Å²) in [5.74, 6) is -0.476. The number of carbonyl (C=O) groups is 1. The molecule has 9 heteroatoms. The Hall–Kier alpha value is -3.24. The minimum Gasteiger partial charge on any atom is -0.372 e. The van der Waals surface area contributed by atoms with Gasteiger partial charge in [0.2, 0.25) is 10.0 Å². The van der Waals surface area contributed by atoms with Crippen molar-refractivity contribution in [2.75, 3.05) is 22.9 Å². The Labute approximate surface area is 210 Å². The summed E-state index contributed by atoms with van der Waals surface area (Å²) in [7, 11) is -3.89. The first-order valence-corrected chi connectivity index (χ1v) is 13.7. The molecule has 2 bridgehead atoms. The van der Waals surface area contributed by atoms with Crippen LogP contribution in [-0.2, 0) is 27.0 Å². The Morgan fingerprint density at radius 1 is 0.944 bits per heavy atom. The monoisotopic (exact) mass is 504 g/mol. The molecule has 3 aliphatic heterocycles. The average Bonchev–Trinajstić information content (AvgIpc) is 3.26. The maximum atomic E-state index is 13.7. The normalized spacial score (nSPS) is 25.3. The summed E-state index contributed by atoms with van der Waals surface area (Å²) in [5.41, 5.74) is 1.62. The lowest BCUT2D eigenvalue weighted by Gasteiger charge is -2.37. The van der Waals surface area contributed by atoms with Crippen LogP contribution in [0.15, 0.2) is 77.7 Å². The number of aliphatic hydroxyl groups is 1.